The zero-order chi connectivity index (χ0) is 15.1. The van der Waals surface area contributed by atoms with Gasteiger partial charge in [-0.15, -0.1) is 0 Å². The molecule has 0 fully saturated rings. The van der Waals surface area contributed by atoms with E-state index >= 15 is 0 Å². The Morgan fingerprint density at radius 3 is 2.40 bits per heavy atom. The standard InChI is InChI=1S/C14H18BrNO4/c1-9(2)12(7-14(18)19)16-13(17)8-20-11-5-3-10(15)4-6-11/h3-6,9,12H,7-8H2,1-2H3,(H,16,17)(H,18,19). The molecule has 0 aliphatic heterocycles. The Hall–Kier alpha value is -1.56. The molecule has 0 spiro atoms. The third-order valence-electron chi connectivity index (χ3n) is 2.73. The maximum absolute atomic E-state index is 11.7. The highest BCUT2D eigenvalue weighted by atomic mass is 79.9. The molecule has 0 bridgehead atoms. The summed E-state index contributed by atoms with van der Waals surface area (Å²) < 4.78 is 6.25. The summed E-state index contributed by atoms with van der Waals surface area (Å²) in [6.45, 7) is 3.59. The van der Waals surface area contributed by atoms with E-state index in [9.17, 15) is 9.59 Å². The lowest BCUT2D eigenvalue weighted by Crippen LogP contribution is -2.42. The van der Waals surface area contributed by atoms with Gasteiger partial charge >= 0.3 is 5.97 Å². The van der Waals surface area contributed by atoms with Crippen LogP contribution in [0.15, 0.2) is 28.7 Å². The first-order chi connectivity index (χ1) is 9.38. The number of benzene rings is 1. The van der Waals surface area contributed by atoms with E-state index < -0.39 is 12.0 Å². The van der Waals surface area contributed by atoms with Crippen LogP contribution in [0.4, 0.5) is 0 Å². The number of carboxylic acids is 1. The van der Waals surface area contributed by atoms with Crippen LogP contribution < -0.4 is 10.1 Å². The van der Waals surface area contributed by atoms with Crippen LogP contribution in [-0.2, 0) is 9.59 Å². The summed E-state index contributed by atoms with van der Waals surface area (Å²) in [6.07, 6.45) is -0.0955. The van der Waals surface area contributed by atoms with Crippen LogP contribution in [0.3, 0.4) is 0 Å². The third kappa shape index (κ3) is 6.06. The first-order valence-corrected chi connectivity index (χ1v) is 7.07. The minimum atomic E-state index is -0.933. The molecule has 1 atom stereocenters. The van der Waals surface area contributed by atoms with E-state index in [1.807, 2.05) is 26.0 Å². The molecule has 5 nitrogen and oxygen atoms in total. The molecule has 1 amide bonds. The molecule has 0 saturated heterocycles. The number of carbonyl (C=O) groups excluding carboxylic acids is 1. The molecule has 6 heteroatoms. The van der Waals surface area contributed by atoms with E-state index in [0.717, 1.165) is 4.47 Å². The number of aliphatic carboxylic acids is 1. The highest BCUT2D eigenvalue weighted by Gasteiger charge is 2.19. The minimum absolute atomic E-state index is 0.0442. The van der Waals surface area contributed by atoms with Gasteiger partial charge in [0.15, 0.2) is 6.61 Å². The van der Waals surface area contributed by atoms with Crippen LogP contribution in [0.2, 0.25) is 0 Å². The van der Waals surface area contributed by atoms with Crippen molar-refractivity contribution in [1.82, 2.24) is 5.32 Å². The number of carbonyl (C=O) groups is 2. The van der Waals surface area contributed by atoms with Crippen LogP contribution in [-0.4, -0.2) is 29.6 Å². The van der Waals surface area contributed by atoms with Gasteiger partial charge in [0.05, 0.1) is 6.42 Å². The third-order valence-corrected chi connectivity index (χ3v) is 3.26. The van der Waals surface area contributed by atoms with Crippen LogP contribution >= 0.6 is 15.9 Å². The van der Waals surface area contributed by atoms with Gasteiger partial charge in [-0.05, 0) is 30.2 Å². The molecule has 1 rings (SSSR count). The first kappa shape index (κ1) is 16.5. The fraction of sp³-hybridized carbons (Fsp3) is 0.429. The Labute approximate surface area is 126 Å². The highest BCUT2D eigenvalue weighted by Crippen LogP contribution is 2.16. The molecule has 0 aliphatic carbocycles. The SMILES string of the molecule is CC(C)C(CC(=O)O)NC(=O)COc1ccc(Br)cc1. The van der Waals surface area contributed by atoms with Crippen molar-refractivity contribution in [3.63, 3.8) is 0 Å². The molecule has 1 aromatic carbocycles. The van der Waals surface area contributed by atoms with Gasteiger partial charge in [-0.25, -0.2) is 0 Å². The normalized spacial score (nSPS) is 12.0. The second kappa shape index (κ2) is 7.89. The summed E-state index contributed by atoms with van der Waals surface area (Å²) in [5, 5.41) is 11.5. The van der Waals surface area contributed by atoms with Crippen molar-refractivity contribution in [2.75, 3.05) is 6.61 Å². The van der Waals surface area contributed by atoms with Gasteiger partial charge in [-0.2, -0.15) is 0 Å². The summed E-state index contributed by atoms with van der Waals surface area (Å²) >= 11 is 3.31. The Morgan fingerprint density at radius 1 is 1.30 bits per heavy atom. The van der Waals surface area contributed by atoms with Gasteiger partial charge in [0.25, 0.3) is 5.91 Å². The zero-order valence-electron chi connectivity index (χ0n) is 11.4. The van der Waals surface area contributed by atoms with Crippen LogP contribution in [0.25, 0.3) is 0 Å². The number of amides is 1. The van der Waals surface area contributed by atoms with Crippen molar-refractivity contribution in [1.29, 1.82) is 0 Å². The van der Waals surface area contributed by atoms with Gasteiger partial charge in [-0.3, -0.25) is 9.59 Å². The highest BCUT2D eigenvalue weighted by molar-refractivity contribution is 9.10. The number of carboxylic acid groups (broad SMARTS) is 1. The molecule has 0 aromatic heterocycles. The van der Waals surface area contributed by atoms with Crippen molar-refractivity contribution < 1.29 is 19.4 Å². The van der Waals surface area contributed by atoms with Crippen LogP contribution in [0.5, 0.6) is 5.75 Å². The van der Waals surface area contributed by atoms with Gasteiger partial charge in [-0.1, -0.05) is 29.8 Å². The maximum Gasteiger partial charge on any atom is 0.305 e. The van der Waals surface area contributed by atoms with Crippen molar-refractivity contribution in [2.24, 2.45) is 5.92 Å². The fourth-order valence-corrected chi connectivity index (χ4v) is 1.83. The monoisotopic (exact) mass is 343 g/mol. The molecule has 110 valence electrons. The quantitative estimate of drug-likeness (QED) is 0.797. The van der Waals surface area contributed by atoms with Crippen molar-refractivity contribution >= 4 is 27.8 Å². The summed E-state index contributed by atoms with van der Waals surface area (Å²) in [4.78, 5) is 22.5. The fourth-order valence-electron chi connectivity index (χ4n) is 1.57. The van der Waals surface area contributed by atoms with E-state index in [-0.39, 0.29) is 24.9 Å². The average molecular weight is 344 g/mol. The van der Waals surface area contributed by atoms with Gasteiger partial charge in [0.2, 0.25) is 0 Å². The lowest BCUT2D eigenvalue weighted by atomic mass is 10.0. The Balaban J connectivity index is 2.45. The van der Waals surface area contributed by atoms with Gasteiger partial charge in [0, 0.05) is 10.5 Å². The minimum Gasteiger partial charge on any atom is -0.484 e. The van der Waals surface area contributed by atoms with E-state index in [1.54, 1.807) is 12.1 Å². The van der Waals surface area contributed by atoms with Crippen molar-refractivity contribution in [2.45, 2.75) is 26.3 Å². The Kier molecular flexibility index (Phi) is 6.51. The molecule has 0 heterocycles. The predicted molar refractivity (Wildman–Crippen MR) is 78.7 cm³/mol. The smallest absolute Gasteiger partial charge is 0.305 e. The Bertz CT molecular complexity index is 459. The van der Waals surface area contributed by atoms with Crippen molar-refractivity contribution in [3.05, 3.63) is 28.7 Å². The Morgan fingerprint density at radius 2 is 1.90 bits per heavy atom. The average Bonchev–Trinajstić information content (AvgIpc) is 2.36. The number of halogens is 1. The molecule has 0 radical (unpaired) electrons. The van der Waals surface area contributed by atoms with Crippen LogP contribution in [0.1, 0.15) is 20.3 Å². The van der Waals surface area contributed by atoms with Gasteiger partial charge in [0.1, 0.15) is 5.75 Å². The van der Waals surface area contributed by atoms with Crippen LogP contribution in [0, 0.1) is 5.92 Å². The van der Waals surface area contributed by atoms with Gasteiger partial charge < -0.3 is 15.2 Å². The number of rotatable bonds is 7. The number of ether oxygens (including phenoxy) is 1. The molecule has 1 unspecified atom stereocenters. The molecule has 2 N–H and O–H groups in total. The number of hydrogen-bond acceptors (Lipinski definition) is 3. The predicted octanol–water partition coefficient (Wildman–Crippen LogP) is 2.44. The van der Waals surface area contributed by atoms with E-state index in [2.05, 4.69) is 21.2 Å². The second-order valence-corrected chi connectivity index (χ2v) is 5.67. The molecular formula is C14H18BrNO4. The molecule has 1 aromatic rings. The lowest BCUT2D eigenvalue weighted by Gasteiger charge is -2.20. The van der Waals surface area contributed by atoms with E-state index in [1.165, 1.54) is 0 Å². The summed E-state index contributed by atoms with van der Waals surface area (Å²) in [6, 6.07) is 6.72. The first-order valence-electron chi connectivity index (χ1n) is 6.28. The van der Waals surface area contributed by atoms with E-state index in [4.69, 9.17) is 9.84 Å². The second-order valence-electron chi connectivity index (χ2n) is 4.76. The number of hydrogen-bond donors (Lipinski definition) is 2. The molecule has 20 heavy (non-hydrogen) atoms. The molecule has 0 aliphatic rings. The molecular weight excluding hydrogens is 326 g/mol. The largest absolute Gasteiger partial charge is 0.484 e. The maximum atomic E-state index is 11.7. The summed E-state index contributed by atoms with van der Waals surface area (Å²) in [7, 11) is 0. The zero-order valence-corrected chi connectivity index (χ0v) is 13.0. The lowest BCUT2D eigenvalue weighted by molar-refractivity contribution is -0.138. The van der Waals surface area contributed by atoms with E-state index in [0.29, 0.717) is 5.75 Å². The van der Waals surface area contributed by atoms with Crippen molar-refractivity contribution in [3.8, 4) is 5.75 Å². The summed E-state index contributed by atoms with van der Waals surface area (Å²) in [5.74, 6) is -0.629. The number of nitrogens with one attached hydrogen (secondary N) is 1. The molecule has 0 saturated carbocycles. The topological polar surface area (TPSA) is 75.6 Å². The summed E-state index contributed by atoms with van der Waals surface area (Å²) in [5.41, 5.74) is 0.